The minimum absolute atomic E-state index is 0.316. The number of carbonyl (C=O) groups is 2. The Morgan fingerprint density at radius 2 is 2.04 bits per heavy atom. The van der Waals surface area contributed by atoms with Crippen molar-refractivity contribution in [3.8, 4) is 5.75 Å². The van der Waals surface area contributed by atoms with Gasteiger partial charge in [-0.2, -0.15) is 0 Å². The van der Waals surface area contributed by atoms with Crippen molar-refractivity contribution >= 4 is 29.3 Å². The molecule has 2 aromatic carbocycles. The number of amides is 1. The number of thioether (sulfide) groups is 1. The molecule has 1 N–H and O–H groups in total. The van der Waals surface area contributed by atoms with Crippen molar-refractivity contribution in [1.82, 2.24) is 0 Å². The Hall–Kier alpha value is -2.61. The number of fused-ring (bicyclic) bond motifs is 1. The number of para-hydroxylation sites is 1. The maximum Gasteiger partial charge on any atom is 0.345 e. The van der Waals surface area contributed by atoms with Crippen LogP contribution in [-0.2, 0) is 9.53 Å². The van der Waals surface area contributed by atoms with Gasteiger partial charge in [0.15, 0.2) is 6.61 Å². The maximum absolute atomic E-state index is 13.7. The van der Waals surface area contributed by atoms with Crippen LogP contribution in [0.4, 0.5) is 14.5 Å². The van der Waals surface area contributed by atoms with Gasteiger partial charge in [0.05, 0.1) is 5.69 Å². The Kier molecular flexibility index (Phi) is 5.65. The third-order valence-corrected chi connectivity index (χ3v) is 5.35. The molecule has 27 heavy (non-hydrogen) atoms. The number of esters is 1. The van der Waals surface area contributed by atoms with Gasteiger partial charge in [0.1, 0.15) is 22.9 Å². The van der Waals surface area contributed by atoms with Crippen LogP contribution >= 0.6 is 11.8 Å². The number of aromatic hydroxyl groups is 1. The lowest BCUT2D eigenvalue weighted by atomic mass is 10.2. The standard InChI is InChI=1S/C19H17F2NO4S/c1-11-6-7-22(14-4-2-3-5-16(14)27-11)17(24)10-26-19(25)18-13(21)8-12(20)9-15(18)23/h2-5,8-9,11,23H,6-7,10H2,1H3/t11-/m0/s1. The molecule has 1 aliphatic rings. The summed E-state index contributed by atoms with van der Waals surface area (Å²) in [6, 6.07) is 8.48. The average Bonchev–Trinajstić information content (AvgIpc) is 2.77. The summed E-state index contributed by atoms with van der Waals surface area (Å²) in [6.07, 6.45) is 0.756. The van der Waals surface area contributed by atoms with Crippen LogP contribution in [0.25, 0.3) is 0 Å². The Balaban J connectivity index is 1.74. The lowest BCUT2D eigenvalue weighted by Crippen LogP contribution is -2.35. The molecule has 1 atom stereocenters. The molecule has 1 amide bonds. The first-order valence-corrected chi connectivity index (χ1v) is 9.16. The summed E-state index contributed by atoms with van der Waals surface area (Å²) in [4.78, 5) is 27.1. The van der Waals surface area contributed by atoms with Crippen molar-refractivity contribution in [1.29, 1.82) is 0 Å². The summed E-state index contributed by atoms with van der Waals surface area (Å²) in [5.41, 5.74) is -0.0756. The van der Waals surface area contributed by atoms with E-state index in [9.17, 15) is 23.5 Å². The molecule has 8 heteroatoms. The fourth-order valence-electron chi connectivity index (χ4n) is 2.79. The lowest BCUT2D eigenvalue weighted by molar-refractivity contribution is -0.121. The van der Waals surface area contributed by atoms with Crippen LogP contribution in [0.5, 0.6) is 5.75 Å². The zero-order valence-corrected chi connectivity index (χ0v) is 15.3. The molecule has 2 aromatic rings. The first kappa shape index (κ1) is 19.2. The molecule has 0 unspecified atom stereocenters. The van der Waals surface area contributed by atoms with Crippen LogP contribution < -0.4 is 4.90 Å². The molecule has 0 saturated heterocycles. The van der Waals surface area contributed by atoms with E-state index in [1.54, 1.807) is 11.8 Å². The molecule has 1 heterocycles. The van der Waals surface area contributed by atoms with Crippen molar-refractivity contribution in [2.45, 2.75) is 23.5 Å². The maximum atomic E-state index is 13.7. The van der Waals surface area contributed by atoms with Crippen molar-refractivity contribution in [2.75, 3.05) is 18.1 Å². The molecule has 0 saturated carbocycles. The molecule has 0 fully saturated rings. The van der Waals surface area contributed by atoms with Crippen LogP contribution in [0.1, 0.15) is 23.7 Å². The Morgan fingerprint density at radius 1 is 1.30 bits per heavy atom. The second kappa shape index (κ2) is 7.96. The molecule has 0 radical (unpaired) electrons. The normalized spacial score (nSPS) is 16.4. The number of anilines is 1. The summed E-state index contributed by atoms with van der Waals surface area (Å²) >= 11 is 1.66. The van der Waals surface area contributed by atoms with Gasteiger partial charge in [-0.15, -0.1) is 11.8 Å². The molecule has 5 nitrogen and oxygen atoms in total. The third kappa shape index (κ3) is 4.21. The van der Waals surface area contributed by atoms with Crippen LogP contribution in [0.2, 0.25) is 0 Å². The quantitative estimate of drug-likeness (QED) is 0.805. The second-order valence-corrected chi connectivity index (χ2v) is 7.57. The number of hydrogen-bond acceptors (Lipinski definition) is 5. The van der Waals surface area contributed by atoms with E-state index in [-0.39, 0.29) is 0 Å². The van der Waals surface area contributed by atoms with Gasteiger partial charge >= 0.3 is 5.97 Å². The Bertz CT molecular complexity index is 867. The fraction of sp³-hybridized carbons (Fsp3) is 0.263. The number of phenolic OH excluding ortho intramolecular Hbond substituents is 1. The van der Waals surface area contributed by atoms with E-state index in [2.05, 4.69) is 6.92 Å². The monoisotopic (exact) mass is 393 g/mol. The van der Waals surface area contributed by atoms with Gasteiger partial charge < -0.3 is 14.7 Å². The summed E-state index contributed by atoms with van der Waals surface area (Å²) < 4.78 is 31.6. The Labute approximate surface area is 158 Å². The zero-order chi connectivity index (χ0) is 19.6. The van der Waals surface area contributed by atoms with Crippen molar-refractivity contribution in [2.24, 2.45) is 0 Å². The second-order valence-electron chi connectivity index (χ2n) is 6.09. The molecule has 0 aliphatic carbocycles. The highest BCUT2D eigenvalue weighted by Crippen LogP contribution is 2.37. The van der Waals surface area contributed by atoms with Crippen LogP contribution in [-0.4, -0.2) is 35.4 Å². The molecule has 0 spiro atoms. The van der Waals surface area contributed by atoms with Crippen LogP contribution in [0.3, 0.4) is 0 Å². The zero-order valence-electron chi connectivity index (χ0n) is 14.4. The fourth-order valence-corrected chi connectivity index (χ4v) is 3.90. The number of phenols is 1. The number of halogens is 2. The van der Waals surface area contributed by atoms with Crippen molar-refractivity contribution < 1.29 is 28.2 Å². The summed E-state index contributed by atoms with van der Waals surface area (Å²) in [5, 5.41) is 9.89. The summed E-state index contributed by atoms with van der Waals surface area (Å²) in [6.45, 7) is 1.90. The van der Waals surface area contributed by atoms with E-state index in [0.717, 1.165) is 17.0 Å². The van der Waals surface area contributed by atoms with E-state index >= 15 is 0 Å². The molecule has 0 aromatic heterocycles. The van der Waals surface area contributed by atoms with Gasteiger partial charge in [-0.25, -0.2) is 13.6 Å². The number of benzene rings is 2. The van der Waals surface area contributed by atoms with E-state index in [1.807, 2.05) is 24.3 Å². The highest BCUT2D eigenvalue weighted by Gasteiger charge is 2.26. The average molecular weight is 393 g/mol. The minimum atomic E-state index is -1.25. The van der Waals surface area contributed by atoms with E-state index in [4.69, 9.17) is 4.74 Å². The molecular weight excluding hydrogens is 376 g/mol. The van der Waals surface area contributed by atoms with E-state index in [1.165, 1.54) is 4.90 Å². The Morgan fingerprint density at radius 3 is 2.78 bits per heavy atom. The smallest absolute Gasteiger partial charge is 0.345 e. The number of hydrogen-bond donors (Lipinski definition) is 1. The van der Waals surface area contributed by atoms with Gasteiger partial charge in [-0.1, -0.05) is 19.1 Å². The molecule has 1 aliphatic heterocycles. The first-order chi connectivity index (χ1) is 12.9. The molecule has 0 bridgehead atoms. The number of rotatable bonds is 3. The number of nitrogens with zero attached hydrogens (tertiary/aromatic N) is 1. The van der Waals surface area contributed by atoms with Crippen molar-refractivity contribution in [3.63, 3.8) is 0 Å². The first-order valence-electron chi connectivity index (χ1n) is 8.28. The van der Waals surface area contributed by atoms with E-state index < -0.39 is 41.4 Å². The summed E-state index contributed by atoms with van der Waals surface area (Å²) in [5.74, 6) is -4.85. The topological polar surface area (TPSA) is 66.8 Å². The number of carbonyl (C=O) groups excluding carboxylic acids is 2. The van der Waals surface area contributed by atoms with Crippen LogP contribution in [0.15, 0.2) is 41.3 Å². The molecule has 3 rings (SSSR count). The molecular formula is C19H17F2NO4S. The summed E-state index contributed by atoms with van der Waals surface area (Å²) in [7, 11) is 0. The lowest BCUT2D eigenvalue weighted by Gasteiger charge is -2.22. The van der Waals surface area contributed by atoms with Gasteiger partial charge in [-0.3, -0.25) is 4.79 Å². The SMILES string of the molecule is C[C@H]1CCN(C(=O)COC(=O)c2c(O)cc(F)cc2F)c2ccccc2S1. The van der Waals surface area contributed by atoms with Crippen LogP contribution in [0, 0.1) is 11.6 Å². The van der Waals surface area contributed by atoms with Gasteiger partial charge in [0.2, 0.25) is 0 Å². The molecule has 142 valence electrons. The minimum Gasteiger partial charge on any atom is -0.507 e. The van der Waals surface area contributed by atoms with E-state index in [0.29, 0.717) is 23.9 Å². The van der Waals surface area contributed by atoms with Gasteiger partial charge in [0, 0.05) is 28.8 Å². The van der Waals surface area contributed by atoms with Crippen molar-refractivity contribution in [3.05, 3.63) is 53.6 Å². The highest BCUT2D eigenvalue weighted by molar-refractivity contribution is 8.00. The van der Waals surface area contributed by atoms with Gasteiger partial charge in [0.25, 0.3) is 5.91 Å². The van der Waals surface area contributed by atoms with Gasteiger partial charge in [-0.05, 0) is 18.6 Å². The predicted octanol–water partition coefficient (Wildman–Crippen LogP) is 3.74. The largest absolute Gasteiger partial charge is 0.507 e. The predicted molar refractivity (Wildman–Crippen MR) is 97.0 cm³/mol. The third-order valence-electron chi connectivity index (χ3n) is 4.11. The number of ether oxygens (including phenoxy) is 1. The highest BCUT2D eigenvalue weighted by atomic mass is 32.2.